The van der Waals surface area contributed by atoms with Gasteiger partial charge >= 0.3 is 0 Å². The minimum Gasteiger partial charge on any atom is -0.329 e. The molecular weight excluding hydrogens is 240 g/mol. The first-order valence-corrected chi connectivity index (χ1v) is 6.47. The highest BCUT2D eigenvalue weighted by molar-refractivity contribution is 5.92. The van der Waals surface area contributed by atoms with Crippen LogP contribution in [0.2, 0.25) is 0 Å². The summed E-state index contributed by atoms with van der Waals surface area (Å²) in [6, 6.07) is 9.22. The molecule has 0 aromatic heterocycles. The van der Waals surface area contributed by atoms with Gasteiger partial charge in [0.15, 0.2) is 0 Å². The molecule has 1 aliphatic heterocycles. The van der Waals surface area contributed by atoms with Crippen LogP contribution in [0.5, 0.6) is 0 Å². The van der Waals surface area contributed by atoms with Gasteiger partial charge in [-0.1, -0.05) is 0 Å². The summed E-state index contributed by atoms with van der Waals surface area (Å²) in [6.45, 7) is 1.91. The summed E-state index contributed by atoms with van der Waals surface area (Å²) in [5, 5.41) is 11.5. The number of amides is 1. The lowest BCUT2D eigenvalue weighted by atomic mass is 10.2. The van der Waals surface area contributed by atoms with E-state index in [4.69, 9.17) is 11.0 Å². The number of nitrogens with zero attached hydrogens (tertiary/aromatic N) is 2. The van der Waals surface area contributed by atoms with Gasteiger partial charge in [0.25, 0.3) is 0 Å². The highest BCUT2D eigenvalue weighted by Gasteiger charge is 2.24. The van der Waals surface area contributed by atoms with Gasteiger partial charge in [0.2, 0.25) is 5.91 Å². The lowest BCUT2D eigenvalue weighted by Gasteiger charge is -2.22. The predicted molar refractivity (Wildman–Crippen MR) is 73.4 cm³/mol. The van der Waals surface area contributed by atoms with Gasteiger partial charge in [-0.25, -0.2) is 0 Å². The number of likely N-dealkylation sites (tertiary alicyclic amines) is 1. The number of nitrogens with two attached hydrogens (primary N) is 1. The Morgan fingerprint density at radius 2 is 2.21 bits per heavy atom. The van der Waals surface area contributed by atoms with E-state index in [2.05, 4.69) is 10.2 Å². The van der Waals surface area contributed by atoms with Crippen molar-refractivity contribution in [2.75, 3.05) is 25.0 Å². The van der Waals surface area contributed by atoms with Gasteiger partial charge in [0.1, 0.15) is 0 Å². The van der Waals surface area contributed by atoms with Gasteiger partial charge in [-0.05, 0) is 43.7 Å². The van der Waals surface area contributed by atoms with Gasteiger partial charge in [0.05, 0.1) is 18.2 Å². The Hall–Kier alpha value is -1.90. The lowest BCUT2D eigenvalue weighted by molar-refractivity contribution is -0.117. The van der Waals surface area contributed by atoms with Crippen LogP contribution in [0.15, 0.2) is 24.3 Å². The van der Waals surface area contributed by atoms with E-state index >= 15 is 0 Å². The zero-order chi connectivity index (χ0) is 13.7. The van der Waals surface area contributed by atoms with Crippen LogP contribution in [-0.2, 0) is 4.79 Å². The van der Waals surface area contributed by atoms with Crippen molar-refractivity contribution in [2.24, 2.45) is 5.73 Å². The summed E-state index contributed by atoms with van der Waals surface area (Å²) in [5.41, 5.74) is 6.98. The number of rotatable bonds is 4. The molecule has 3 N–H and O–H groups in total. The van der Waals surface area contributed by atoms with Gasteiger partial charge in [0, 0.05) is 18.3 Å². The predicted octanol–water partition coefficient (Wildman–Crippen LogP) is 0.920. The van der Waals surface area contributed by atoms with E-state index < -0.39 is 0 Å². The summed E-state index contributed by atoms with van der Waals surface area (Å²) in [4.78, 5) is 14.0. The molecule has 1 saturated heterocycles. The Morgan fingerprint density at radius 1 is 1.47 bits per heavy atom. The van der Waals surface area contributed by atoms with Crippen LogP contribution < -0.4 is 11.1 Å². The molecule has 1 aromatic carbocycles. The molecule has 0 radical (unpaired) electrons. The fourth-order valence-electron chi connectivity index (χ4n) is 2.38. The Kier molecular flexibility index (Phi) is 4.50. The van der Waals surface area contributed by atoms with E-state index in [-0.39, 0.29) is 5.91 Å². The number of carbonyl (C=O) groups excluding carboxylic acids is 1. The molecule has 0 saturated carbocycles. The largest absolute Gasteiger partial charge is 0.329 e. The van der Waals surface area contributed by atoms with Crippen molar-refractivity contribution in [1.82, 2.24) is 4.90 Å². The molecule has 5 heteroatoms. The first kappa shape index (κ1) is 13.5. The minimum absolute atomic E-state index is 0.0370. The normalized spacial score (nSPS) is 19.1. The molecule has 1 atom stereocenters. The molecule has 19 heavy (non-hydrogen) atoms. The molecule has 100 valence electrons. The smallest absolute Gasteiger partial charge is 0.238 e. The zero-order valence-corrected chi connectivity index (χ0v) is 10.8. The van der Waals surface area contributed by atoms with Crippen molar-refractivity contribution in [2.45, 2.75) is 18.9 Å². The SMILES string of the molecule is N#Cc1ccc(NC(=O)CN2CCCC2CN)cc1. The first-order valence-electron chi connectivity index (χ1n) is 6.47. The second-order valence-electron chi connectivity index (χ2n) is 4.74. The topological polar surface area (TPSA) is 82.2 Å². The maximum absolute atomic E-state index is 11.9. The van der Waals surface area contributed by atoms with Crippen molar-refractivity contribution in [1.29, 1.82) is 5.26 Å². The van der Waals surface area contributed by atoms with Gasteiger partial charge in [-0.2, -0.15) is 5.26 Å². The number of nitriles is 1. The number of anilines is 1. The molecule has 1 fully saturated rings. The number of nitrogens with one attached hydrogen (secondary N) is 1. The fraction of sp³-hybridized carbons (Fsp3) is 0.429. The molecule has 0 bridgehead atoms. The average molecular weight is 258 g/mol. The van der Waals surface area contributed by atoms with E-state index in [1.54, 1.807) is 24.3 Å². The Morgan fingerprint density at radius 3 is 2.84 bits per heavy atom. The fourth-order valence-corrected chi connectivity index (χ4v) is 2.38. The standard InChI is InChI=1S/C14H18N4O/c15-8-11-3-5-12(6-4-11)17-14(19)10-18-7-1-2-13(18)9-16/h3-6,13H,1-2,7,9-10,16H2,(H,17,19). The Balaban J connectivity index is 1.88. The van der Waals surface area contributed by atoms with Gasteiger partial charge in [-0.15, -0.1) is 0 Å². The van der Waals surface area contributed by atoms with E-state index in [0.717, 1.165) is 19.4 Å². The molecule has 1 aliphatic rings. The Labute approximate surface area is 113 Å². The average Bonchev–Trinajstić information content (AvgIpc) is 2.86. The molecule has 1 heterocycles. The maximum Gasteiger partial charge on any atom is 0.238 e. The number of carbonyl (C=O) groups is 1. The number of hydrogen-bond acceptors (Lipinski definition) is 4. The Bertz CT molecular complexity index is 477. The van der Waals surface area contributed by atoms with Crippen LogP contribution in [0.25, 0.3) is 0 Å². The summed E-state index contributed by atoms with van der Waals surface area (Å²) in [7, 11) is 0. The van der Waals surface area contributed by atoms with Crippen molar-refractivity contribution < 1.29 is 4.79 Å². The van der Waals surface area contributed by atoms with Crippen molar-refractivity contribution in [3.63, 3.8) is 0 Å². The molecule has 2 rings (SSSR count). The van der Waals surface area contributed by atoms with Crippen LogP contribution in [0, 0.1) is 11.3 Å². The number of benzene rings is 1. The van der Waals surface area contributed by atoms with Gasteiger partial charge < -0.3 is 11.1 Å². The monoisotopic (exact) mass is 258 g/mol. The molecule has 0 spiro atoms. The number of hydrogen-bond donors (Lipinski definition) is 2. The maximum atomic E-state index is 11.9. The molecule has 1 amide bonds. The zero-order valence-electron chi connectivity index (χ0n) is 10.8. The van der Waals surface area contributed by atoms with Crippen molar-refractivity contribution in [3.05, 3.63) is 29.8 Å². The van der Waals surface area contributed by atoms with E-state index in [1.165, 1.54) is 0 Å². The van der Waals surface area contributed by atoms with Crippen LogP contribution in [0.3, 0.4) is 0 Å². The summed E-state index contributed by atoms with van der Waals surface area (Å²) < 4.78 is 0. The van der Waals surface area contributed by atoms with E-state index in [9.17, 15) is 4.79 Å². The second kappa shape index (κ2) is 6.32. The lowest BCUT2D eigenvalue weighted by Crippen LogP contribution is -2.40. The van der Waals surface area contributed by atoms with E-state index in [1.807, 2.05) is 6.07 Å². The van der Waals surface area contributed by atoms with Gasteiger partial charge in [-0.3, -0.25) is 9.69 Å². The quantitative estimate of drug-likeness (QED) is 0.841. The minimum atomic E-state index is -0.0370. The molecular formula is C14H18N4O. The van der Waals surface area contributed by atoms with Crippen LogP contribution in [0.4, 0.5) is 5.69 Å². The van der Waals surface area contributed by atoms with E-state index in [0.29, 0.717) is 30.4 Å². The third-order valence-electron chi connectivity index (χ3n) is 3.42. The highest BCUT2D eigenvalue weighted by atomic mass is 16.2. The van der Waals surface area contributed by atoms with Crippen molar-refractivity contribution >= 4 is 11.6 Å². The summed E-state index contributed by atoms with van der Waals surface area (Å²) in [5.74, 6) is -0.0370. The van der Waals surface area contributed by atoms with Crippen LogP contribution in [-0.4, -0.2) is 36.5 Å². The molecule has 1 aromatic rings. The third-order valence-corrected chi connectivity index (χ3v) is 3.42. The highest BCUT2D eigenvalue weighted by Crippen LogP contribution is 2.16. The van der Waals surface area contributed by atoms with Crippen LogP contribution in [0.1, 0.15) is 18.4 Å². The summed E-state index contributed by atoms with van der Waals surface area (Å²) in [6.07, 6.45) is 2.17. The van der Waals surface area contributed by atoms with Crippen molar-refractivity contribution in [3.8, 4) is 6.07 Å². The molecule has 5 nitrogen and oxygen atoms in total. The second-order valence-corrected chi connectivity index (χ2v) is 4.74. The molecule has 1 unspecified atom stereocenters. The third kappa shape index (κ3) is 3.53. The summed E-state index contributed by atoms with van der Waals surface area (Å²) >= 11 is 0. The van der Waals surface area contributed by atoms with Crippen LogP contribution >= 0.6 is 0 Å². The molecule has 0 aliphatic carbocycles. The first-order chi connectivity index (χ1) is 9.22.